The maximum absolute atomic E-state index is 12.2. The van der Waals surface area contributed by atoms with Crippen molar-refractivity contribution in [1.82, 2.24) is 0 Å². The standard InChI is InChI=1S/C21H21NO2S/c1-24-13-16-6-4-10-19(12-16)22-21(23)15-25-14-18-9-5-8-17-7-2-3-11-20(17)18/h2-12H,13-15H2,1H3,(H,22,23). The van der Waals surface area contributed by atoms with Crippen LogP contribution in [0.2, 0.25) is 0 Å². The van der Waals surface area contributed by atoms with Gasteiger partial charge in [0, 0.05) is 18.6 Å². The Morgan fingerprint density at radius 2 is 1.84 bits per heavy atom. The van der Waals surface area contributed by atoms with Gasteiger partial charge in [-0.1, -0.05) is 54.6 Å². The van der Waals surface area contributed by atoms with E-state index in [9.17, 15) is 4.79 Å². The third-order valence-corrected chi connectivity index (χ3v) is 4.87. The Balaban J connectivity index is 1.55. The SMILES string of the molecule is COCc1cccc(NC(=O)CSCc2cccc3ccccc23)c1. The van der Waals surface area contributed by atoms with E-state index in [2.05, 4.69) is 41.7 Å². The highest BCUT2D eigenvalue weighted by molar-refractivity contribution is 7.99. The van der Waals surface area contributed by atoms with Crippen molar-refractivity contribution < 1.29 is 9.53 Å². The van der Waals surface area contributed by atoms with E-state index in [1.807, 2.05) is 30.3 Å². The number of nitrogens with one attached hydrogen (secondary N) is 1. The van der Waals surface area contributed by atoms with Gasteiger partial charge in [0.2, 0.25) is 5.91 Å². The number of hydrogen-bond acceptors (Lipinski definition) is 3. The second-order valence-corrected chi connectivity index (χ2v) is 6.80. The zero-order valence-electron chi connectivity index (χ0n) is 14.2. The summed E-state index contributed by atoms with van der Waals surface area (Å²) in [5.41, 5.74) is 3.12. The van der Waals surface area contributed by atoms with E-state index < -0.39 is 0 Å². The van der Waals surface area contributed by atoms with Crippen molar-refractivity contribution in [3.63, 3.8) is 0 Å². The second kappa shape index (κ2) is 8.70. The van der Waals surface area contributed by atoms with E-state index in [0.717, 1.165) is 17.0 Å². The van der Waals surface area contributed by atoms with Gasteiger partial charge in [-0.05, 0) is 34.0 Å². The van der Waals surface area contributed by atoms with Gasteiger partial charge in [0.1, 0.15) is 0 Å². The summed E-state index contributed by atoms with van der Waals surface area (Å²) in [7, 11) is 1.66. The van der Waals surface area contributed by atoms with Gasteiger partial charge in [0.15, 0.2) is 0 Å². The number of anilines is 1. The van der Waals surface area contributed by atoms with Crippen LogP contribution < -0.4 is 5.32 Å². The molecule has 1 amide bonds. The molecule has 0 fully saturated rings. The number of carbonyl (C=O) groups is 1. The summed E-state index contributed by atoms with van der Waals surface area (Å²) in [5, 5.41) is 5.44. The topological polar surface area (TPSA) is 38.3 Å². The summed E-state index contributed by atoms with van der Waals surface area (Å²) < 4.78 is 5.12. The Bertz CT molecular complexity index is 858. The van der Waals surface area contributed by atoms with Crippen LogP contribution in [0.1, 0.15) is 11.1 Å². The van der Waals surface area contributed by atoms with Crippen LogP contribution in [0.15, 0.2) is 66.7 Å². The molecule has 0 spiro atoms. The molecule has 3 rings (SSSR count). The van der Waals surface area contributed by atoms with Gasteiger partial charge in [0.05, 0.1) is 12.4 Å². The third kappa shape index (κ3) is 4.84. The molecular formula is C21H21NO2S. The molecule has 0 aromatic heterocycles. The van der Waals surface area contributed by atoms with Gasteiger partial charge in [-0.25, -0.2) is 0 Å². The van der Waals surface area contributed by atoms with E-state index in [1.165, 1.54) is 16.3 Å². The van der Waals surface area contributed by atoms with Crippen LogP contribution >= 0.6 is 11.8 Å². The molecule has 0 aliphatic rings. The van der Waals surface area contributed by atoms with Crippen molar-refractivity contribution >= 4 is 34.1 Å². The largest absolute Gasteiger partial charge is 0.380 e. The number of rotatable bonds is 7. The minimum Gasteiger partial charge on any atom is -0.380 e. The Morgan fingerprint density at radius 3 is 2.72 bits per heavy atom. The first-order chi connectivity index (χ1) is 12.3. The van der Waals surface area contributed by atoms with Crippen molar-refractivity contribution in [1.29, 1.82) is 0 Å². The highest BCUT2D eigenvalue weighted by atomic mass is 32.2. The lowest BCUT2D eigenvalue weighted by molar-refractivity contribution is -0.113. The molecule has 0 atom stereocenters. The number of benzene rings is 3. The molecule has 3 aromatic carbocycles. The van der Waals surface area contributed by atoms with Crippen molar-refractivity contribution in [2.24, 2.45) is 0 Å². The van der Waals surface area contributed by atoms with E-state index in [1.54, 1.807) is 18.9 Å². The summed E-state index contributed by atoms with van der Waals surface area (Å²) in [5.74, 6) is 1.26. The Kier molecular flexibility index (Phi) is 6.09. The predicted octanol–water partition coefficient (Wildman–Crippen LogP) is 4.86. The van der Waals surface area contributed by atoms with Crippen LogP contribution in [0.3, 0.4) is 0 Å². The van der Waals surface area contributed by atoms with Gasteiger partial charge in [-0.3, -0.25) is 4.79 Å². The molecule has 0 unspecified atom stereocenters. The molecule has 25 heavy (non-hydrogen) atoms. The second-order valence-electron chi connectivity index (χ2n) is 5.81. The average Bonchev–Trinajstić information content (AvgIpc) is 2.62. The predicted molar refractivity (Wildman–Crippen MR) is 106 cm³/mol. The van der Waals surface area contributed by atoms with Gasteiger partial charge in [0.25, 0.3) is 0 Å². The highest BCUT2D eigenvalue weighted by Gasteiger charge is 2.05. The first-order valence-corrected chi connectivity index (χ1v) is 9.34. The monoisotopic (exact) mass is 351 g/mol. The van der Waals surface area contributed by atoms with Crippen molar-refractivity contribution in [2.45, 2.75) is 12.4 Å². The van der Waals surface area contributed by atoms with Gasteiger partial charge >= 0.3 is 0 Å². The van der Waals surface area contributed by atoms with Crippen LogP contribution in [-0.2, 0) is 21.9 Å². The first kappa shape index (κ1) is 17.5. The van der Waals surface area contributed by atoms with E-state index in [4.69, 9.17) is 4.74 Å². The fourth-order valence-corrected chi connectivity index (χ4v) is 3.61. The highest BCUT2D eigenvalue weighted by Crippen LogP contribution is 2.23. The molecular weight excluding hydrogens is 330 g/mol. The number of carbonyl (C=O) groups excluding carboxylic acids is 1. The molecule has 3 nitrogen and oxygen atoms in total. The lowest BCUT2D eigenvalue weighted by Gasteiger charge is -2.08. The number of ether oxygens (including phenoxy) is 1. The van der Waals surface area contributed by atoms with Crippen molar-refractivity contribution in [3.8, 4) is 0 Å². The summed E-state index contributed by atoms with van der Waals surface area (Å²) >= 11 is 1.63. The summed E-state index contributed by atoms with van der Waals surface area (Å²) in [6.07, 6.45) is 0. The van der Waals surface area contributed by atoms with Crippen LogP contribution in [0.4, 0.5) is 5.69 Å². The number of hydrogen-bond donors (Lipinski definition) is 1. The van der Waals surface area contributed by atoms with E-state index in [0.29, 0.717) is 12.4 Å². The fraction of sp³-hybridized carbons (Fsp3) is 0.190. The zero-order chi connectivity index (χ0) is 17.5. The maximum Gasteiger partial charge on any atom is 0.234 e. The molecule has 0 radical (unpaired) electrons. The van der Waals surface area contributed by atoms with Crippen LogP contribution in [0.5, 0.6) is 0 Å². The summed E-state index contributed by atoms with van der Waals surface area (Å²) in [4.78, 5) is 12.2. The average molecular weight is 351 g/mol. The number of thioether (sulfide) groups is 1. The van der Waals surface area contributed by atoms with Gasteiger partial charge < -0.3 is 10.1 Å². The van der Waals surface area contributed by atoms with Gasteiger partial charge in [-0.2, -0.15) is 0 Å². The minimum absolute atomic E-state index is 0.0137. The Morgan fingerprint density at radius 1 is 1.04 bits per heavy atom. The molecule has 0 aliphatic carbocycles. The van der Waals surface area contributed by atoms with E-state index in [-0.39, 0.29) is 5.91 Å². The van der Waals surface area contributed by atoms with Crippen LogP contribution in [0, 0.1) is 0 Å². The number of methoxy groups -OCH3 is 1. The van der Waals surface area contributed by atoms with Crippen LogP contribution in [-0.4, -0.2) is 18.8 Å². The Hall–Kier alpha value is -2.30. The first-order valence-electron chi connectivity index (χ1n) is 8.18. The maximum atomic E-state index is 12.2. The molecule has 128 valence electrons. The molecule has 0 aliphatic heterocycles. The van der Waals surface area contributed by atoms with Gasteiger partial charge in [-0.15, -0.1) is 11.8 Å². The molecule has 0 saturated heterocycles. The third-order valence-electron chi connectivity index (χ3n) is 3.89. The normalized spacial score (nSPS) is 10.8. The van der Waals surface area contributed by atoms with Crippen molar-refractivity contribution in [2.75, 3.05) is 18.2 Å². The fourth-order valence-electron chi connectivity index (χ4n) is 2.77. The quantitative estimate of drug-likeness (QED) is 0.661. The van der Waals surface area contributed by atoms with E-state index >= 15 is 0 Å². The smallest absolute Gasteiger partial charge is 0.234 e. The Labute approximate surface area is 152 Å². The molecule has 0 heterocycles. The lowest BCUT2D eigenvalue weighted by Crippen LogP contribution is -2.14. The lowest BCUT2D eigenvalue weighted by atomic mass is 10.1. The summed E-state index contributed by atoms with van der Waals surface area (Å²) in [6.45, 7) is 0.541. The number of fused-ring (bicyclic) bond motifs is 1. The molecule has 1 N–H and O–H groups in total. The molecule has 4 heteroatoms. The molecule has 0 saturated carbocycles. The molecule has 3 aromatic rings. The van der Waals surface area contributed by atoms with Crippen LogP contribution in [0.25, 0.3) is 10.8 Å². The number of amides is 1. The molecule has 0 bridgehead atoms. The zero-order valence-corrected chi connectivity index (χ0v) is 15.0. The van der Waals surface area contributed by atoms with Crippen molar-refractivity contribution in [3.05, 3.63) is 77.9 Å². The summed E-state index contributed by atoms with van der Waals surface area (Å²) in [6, 6.07) is 22.4. The minimum atomic E-state index is 0.0137.